The lowest BCUT2D eigenvalue weighted by Crippen LogP contribution is -2.43. The molecule has 0 saturated heterocycles. The van der Waals surface area contributed by atoms with Crippen molar-refractivity contribution in [3.63, 3.8) is 0 Å². The molecule has 0 radical (unpaired) electrons. The Bertz CT molecular complexity index is 540. The van der Waals surface area contributed by atoms with E-state index in [1.165, 1.54) is 6.07 Å². The monoisotopic (exact) mass is 287 g/mol. The molecule has 1 atom stereocenters. The molecule has 6 heteroatoms. The Labute approximate surface area is 115 Å². The lowest BCUT2D eigenvalue weighted by atomic mass is 9.79. The molecule has 110 valence electrons. The van der Waals surface area contributed by atoms with Gasteiger partial charge in [-0.05, 0) is 24.5 Å². The third-order valence-corrected chi connectivity index (χ3v) is 3.77. The molecular formula is C14H16F3NO2. The molecule has 1 unspecified atom stereocenters. The second-order valence-corrected chi connectivity index (χ2v) is 5.17. The van der Waals surface area contributed by atoms with E-state index in [0.717, 1.165) is 12.1 Å². The molecule has 0 fully saturated rings. The Morgan fingerprint density at radius 1 is 1.35 bits per heavy atom. The molecule has 1 N–H and O–H groups in total. The SMILES string of the molecule is CCC1(C(C)C)OC(=O)Nc2cc(C(F)(F)F)ccc21. The van der Waals surface area contributed by atoms with Crippen LogP contribution < -0.4 is 5.32 Å². The normalized spacial score (nSPS) is 22.2. The lowest BCUT2D eigenvalue weighted by Gasteiger charge is -2.41. The maximum absolute atomic E-state index is 12.7. The number of hydrogen-bond donors (Lipinski definition) is 1. The van der Waals surface area contributed by atoms with Crippen molar-refractivity contribution in [1.29, 1.82) is 0 Å². The van der Waals surface area contributed by atoms with Crippen LogP contribution in [0.1, 0.15) is 38.3 Å². The van der Waals surface area contributed by atoms with Gasteiger partial charge in [-0.2, -0.15) is 13.2 Å². The summed E-state index contributed by atoms with van der Waals surface area (Å²) in [4.78, 5) is 11.7. The van der Waals surface area contributed by atoms with Gasteiger partial charge in [-0.1, -0.05) is 26.8 Å². The minimum atomic E-state index is -4.44. The number of anilines is 1. The molecule has 0 aliphatic carbocycles. The number of rotatable bonds is 2. The van der Waals surface area contributed by atoms with Crippen LogP contribution >= 0.6 is 0 Å². The van der Waals surface area contributed by atoms with E-state index in [9.17, 15) is 18.0 Å². The fourth-order valence-electron chi connectivity index (χ4n) is 2.65. The van der Waals surface area contributed by atoms with Crippen LogP contribution in [0.5, 0.6) is 0 Å². The molecule has 1 heterocycles. The lowest BCUT2D eigenvalue weighted by molar-refractivity contribution is -0.137. The van der Waals surface area contributed by atoms with Crippen molar-refractivity contribution < 1.29 is 22.7 Å². The molecule has 1 aromatic carbocycles. The van der Waals surface area contributed by atoms with Crippen molar-refractivity contribution in [1.82, 2.24) is 0 Å². The van der Waals surface area contributed by atoms with Gasteiger partial charge in [0.05, 0.1) is 11.3 Å². The number of hydrogen-bond acceptors (Lipinski definition) is 2. The summed E-state index contributed by atoms with van der Waals surface area (Å²) in [6.45, 7) is 5.60. The number of nitrogens with one attached hydrogen (secondary N) is 1. The van der Waals surface area contributed by atoms with E-state index in [4.69, 9.17) is 4.74 Å². The summed E-state index contributed by atoms with van der Waals surface area (Å²) in [5, 5.41) is 2.36. The highest BCUT2D eigenvalue weighted by Crippen LogP contribution is 2.45. The predicted molar refractivity (Wildman–Crippen MR) is 68.4 cm³/mol. The molecule has 3 nitrogen and oxygen atoms in total. The second-order valence-electron chi connectivity index (χ2n) is 5.17. The largest absolute Gasteiger partial charge is 0.437 e. The fraction of sp³-hybridized carbons (Fsp3) is 0.500. The molecule has 1 aromatic rings. The van der Waals surface area contributed by atoms with E-state index >= 15 is 0 Å². The average Bonchev–Trinajstić information content (AvgIpc) is 2.35. The highest BCUT2D eigenvalue weighted by molar-refractivity contribution is 5.89. The van der Waals surface area contributed by atoms with Crippen LogP contribution in [-0.2, 0) is 16.5 Å². The van der Waals surface area contributed by atoms with Gasteiger partial charge in [0.15, 0.2) is 0 Å². The van der Waals surface area contributed by atoms with Gasteiger partial charge in [-0.3, -0.25) is 5.32 Å². The molecule has 0 spiro atoms. The molecule has 0 bridgehead atoms. The summed E-state index contributed by atoms with van der Waals surface area (Å²) >= 11 is 0. The third kappa shape index (κ3) is 2.23. The van der Waals surface area contributed by atoms with Crippen molar-refractivity contribution in [2.45, 2.75) is 39.0 Å². The minimum Gasteiger partial charge on any atom is -0.437 e. The van der Waals surface area contributed by atoms with Crippen LogP contribution in [0.2, 0.25) is 0 Å². The smallest absolute Gasteiger partial charge is 0.416 e. The molecule has 20 heavy (non-hydrogen) atoms. The molecule has 1 aliphatic heterocycles. The first-order valence-corrected chi connectivity index (χ1v) is 6.42. The summed E-state index contributed by atoms with van der Waals surface area (Å²) in [6, 6.07) is 3.37. The van der Waals surface area contributed by atoms with Crippen molar-refractivity contribution in [2.24, 2.45) is 5.92 Å². The van der Waals surface area contributed by atoms with E-state index in [0.29, 0.717) is 12.0 Å². The van der Waals surface area contributed by atoms with Crippen LogP contribution in [0, 0.1) is 5.92 Å². The van der Waals surface area contributed by atoms with Crippen LogP contribution in [0.25, 0.3) is 0 Å². The van der Waals surface area contributed by atoms with Gasteiger partial charge in [0.2, 0.25) is 0 Å². The molecule has 2 rings (SSSR count). The Hall–Kier alpha value is -1.72. The first-order chi connectivity index (χ1) is 9.20. The summed E-state index contributed by atoms with van der Waals surface area (Å²) in [5.74, 6) is -0.0472. The summed E-state index contributed by atoms with van der Waals surface area (Å²) < 4.78 is 43.6. The van der Waals surface area contributed by atoms with Crippen molar-refractivity contribution >= 4 is 11.8 Å². The topological polar surface area (TPSA) is 38.3 Å². The zero-order chi connectivity index (χ0) is 15.1. The van der Waals surface area contributed by atoms with E-state index in [2.05, 4.69) is 5.32 Å². The Balaban J connectivity index is 2.60. The van der Waals surface area contributed by atoms with E-state index < -0.39 is 23.4 Å². The predicted octanol–water partition coefficient (Wildman–Crippen LogP) is 4.53. The van der Waals surface area contributed by atoms with Gasteiger partial charge in [-0.25, -0.2) is 4.79 Å². The molecule has 0 aromatic heterocycles. The van der Waals surface area contributed by atoms with Gasteiger partial charge < -0.3 is 4.74 Å². The highest BCUT2D eigenvalue weighted by atomic mass is 19.4. The van der Waals surface area contributed by atoms with Crippen molar-refractivity contribution in [2.75, 3.05) is 5.32 Å². The van der Waals surface area contributed by atoms with Crippen LogP contribution in [-0.4, -0.2) is 6.09 Å². The number of carbonyl (C=O) groups excluding carboxylic acids is 1. The van der Waals surface area contributed by atoms with E-state index in [1.807, 2.05) is 20.8 Å². The average molecular weight is 287 g/mol. The van der Waals surface area contributed by atoms with Gasteiger partial charge >= 0.3 is 12.3 Å². The number of carbonyl (C=O) groups is 1. The Morgan fingerprint density at radius 3 is 2.50 bits per heavy atom. The molecule has 0 saturated carbocycles. The summed E-state index contributed by atoms with van der Waals surface area (Å²) in [6.07, 6.45) is -4.66. The Morgan fingerprint density at radius 2 is 2.00 bits per heavy atom. The van der Waals surface area contributed by atoms with Gasteiger partial charge in [0.25, 0.3) is 0 Å². The quantitative estimate of drug-likeness (QED) is 0.868. The zero-order valence-corrected chi connectivity index (χ0v) is 11.5. The standard InChI is InChI=1S/C14H16F3NO2/c1-4-13(8(2)3)10-6-5-9(14(15,16)17)7-11(10)18-12(19)20-13/h5-8H,4H2,1-3H3,(H,18,19). The summed E-state index contributed by atoms with van der Waals surface area (Å²) in [5.41, 5.74) is -0.914. The van der Waals surface area contributed by atoms with Crippen molar-refractivity contribution in [3.8, 4) is 0 Å². The third-order valence-electron chi connectivity index (χ3n) is 3.77. The Kier molecular flexibility index (Phi) is 3.44. The number of benzene rings is 1. The highest BCUT2D eigenvalue weighted by Gasteiger charge is 2.44. The number of ether oxygens (including phenoxy) is 1. The number of halogens is 3. The maximum Gasteiger partial charge on any atom is 0.416 e. The maximum atomic E-state index is 12.7. The van der Waals surface area contributed by atoms with Gasteiger partial charge in [0, 0.05) is 5.56 Å². The second kappa shape index (κ2) is 4.68. The summed E-state index contributed by atoms with van der Waals surface area (Å²) in [7, 11) is 0. The molecular weight excluding hydrogens is 271 g/mol. The first kappa shape index (κ1) is 14.7. The van der Waals surface area contributed by atoms with E-state index in [1.54, 1.807) is 0 Å². The number of alkyl halides is 3. The van der Waals surface area contributed by atoms with Crippen LogP contribution in [0.4, 0.5) is 23.7 Å². The number of cyclic esters (lactones) is 1. The van der Waals surface area contributed by atoms with Crippen LogP contribution in [0.15, 0.2) is 18.2 Å². The molecule has 1 aliphatic rings. The minimum absolute atomic E-state index is 0.0472. The first-order valence-electron chi connectivity index (χ1n) is 6.42. The zero-order valence-electron chi connectivity index (χ0n) is 11.5. The molecule has 1 amide bonds. The fourth-order valence-corrected chi connectivity index (χ4v) is 2.65. The number of amides is 1. The number of fused-ring (bicyclic) bond motifs is 1. The van der Waals surface area contributed by atoms with Crippen LogP contribution in [0.3, 0.4) is 0 Å². The van der Waals surface area contributed by atoms with Gasteiger partial charge in [-0.15, -0.1) is 0 Å². The van der Waals surface area contributed by atoms with Gasteiger partial charge in [0.1, 0.15) is 5.60 Å². The van der Waals surface area contributed by atoms with Crippen molar-refractivity contribution in [3.05, 3.63) is 29.3 Å². The van der Waals surface area contributed by atoms with E-state index in [-0.39, 0.29) is 11.6 Å².